The fourth-order valence-electron chi connectivity index (χ4n) is 2.90. The van der Waals surface area contributed by atoms with Crippen molar-refractivity contribution in [2.45, 2.75) is 11.8 Å². The first-order valence-electron chi connectivity index (χ1n) is 8.49. The highest BCUT2D eigenvalue weighted by atomic mass is 32.2. The number of aryl methyl sites for hydroxylation is 1. The molecule has 1 saturated heterocycles. The molecule has 138 valence electrons. The van der Waals surface area contributed by atoms with Gasteiger partial charge in [-0.2, -0.15) is 0 Å². The van der Waals surface area contributed by atoms with E-state index in [0.717, 1.165) is 25.4 Å². The summed E-state index contributed by atoms with van der Waals surface area (Å²) in [5.41, 5.74) is 0.0370. The number of hydrogen-bond acceptors (Lipinski definition) is 6. The van der Waals surface area contributed by atoms with Crippen molar-refractivity contribution in [3.05, 3.63) is 56.3 Å². The van der Waals surface area contributed by atoms with Gasteiger partial charge in [-0.15, -0.1) is 23.1 Å². The van der Waals surface area contributed by atoms with Crippen LogP contribution in [0, 0.1) is 17.0 Å². The molecule has 1 aliphatic heterocycles. The summed E-state index contributed by atoms with van der Waals surface area (Å²) in [5.74, 6) is 0.929. The van der Waals surface area contributed by atoms with Gasteiger partial charge in [0.2, 0.25) is 0 Å². The largest absolute Gasteiger partial charge is 0.335 e. The van der Waals surface area contributed by atoms with Crippen LogP contribution in [0.3, 0.4) is 0 Å². The van der Waals surface area contributed by atoms with E-state index in [-0.39, 0.29) is 11.6 Å². The lowest BCUT2D eigenvalue weighted by atomic mass is 10.3. The molecule has 1 fully saturated rings. The summed E-state index contributed by atoms with van der Waals surface area (Å²) in [6.45, 7) is 5.69. The number of thiophene rings is 1. The zero-order chi connectivity index (χ0) is 18.5. The van der Waals surface area contributed by atoms with Gasteiger partial charge in [0.15, 0.2) is 0 Å². The molecule has 1 amide bonds. The van der Waals surface area contributed by atoms with Crippen molar-refractivity contribution in [1.82, 2.24) is 9.80 Å². The van der Waals surface area contributed by atoms with Crippen molar-refractivity contribution in [3.8, 4) is 0 Å². The highest BCUT2D eigenvalue weighted by molar-refractivity contribution is 7.99. The van der Waals surface area contributed by atoms with Gasteiger partial charge in [-0.25, -0.2) is 0 Å². The van der Waals surface area contributed by atoms with Gasteiger partial charge < -0.3 is 4.90 Å². The van der Waals surface area contributed by atoms with E-state index in [2.05, 4.69) is 17.0 Å². The molecule has 0 N–H and O–H groups in total. The molecule has 0 unspecified atom stereocenters. The number of amides is 1. The summed E-state index contributed by atoms with van der Waals surface area (Å²) in [6, 6.07) is 11.7. The molecule has 1 aromatic heterocycles. The first-order valence-corrected chi connectivity index (χ1v) is 10.3. The highest BCUT2D eigenvalue weighted by Crippen LogP contribution is 2.29. The van der Waals surface area contributed by atoms with Crippen LogP contribution in [0.4, 0.5) is 5.69 Å². The second-order valence-corrected chi connectivity index (χ2v) is 8.53. The third-order valence-electron chi connectivity index (χ3n) is 4.38. The van der Waals surface area contributed by atoms with Crippen LogP contribution in [0.5, 0.6) is 0 Å². The fourth-order valence-corrected chi connectivity index (χ4v) is 4.79. The number of benzene rings is 1. The number of hydrogen-bond donors (Lipinski definition) is 0. The lowest BCUT2D eigenvalue weighted by Gasteiger charge is -2.34. The van der Waals surface area contributed by atoms with Gasteiger partial charge in [0.25, 0.3) is 11.6 Å². The number of carbonyl (C=O) groups excluding carboxylic acids is 1. The van der Waals surface area contributed by atoms with Crippen LogP contribution in [-0.4, -0.2) is 59.1 Å². The molecule has 1 aliphatic rings. The molecular formula is C18H21N3O3S2. The molecule has 0 radical (unpaired) electrons. The fraction of sp³-hybridized carbons (Fsp3) is 0.389. The van der Waals surface area contributed by atoms with Gasteiger partial charge in [0.1, 0.15) is 0 Å². The van der Waals surface area contributed by atoms with Crippen LogP contribution in [0.2, 0.25) is 0 Å². The summed E-state index contributed by atoms with van der Waals surface area (Å²) in [7, 11) is 0. The molecule has 2 heterocycles. The molecule has 1 aromatic carbocycles. The third-order valence-corrected chi connectivity index (χ3v) is 6.40. The topological polar surface area (TPSA) is 66.7 Å². The molecule has 2 aromatic rings. The number of thioether (sulfide) groups is 1. The molecule has 0 bridgehead atoms. The van der Waals surface area contributed by atoms with E-state index in [4.69, 9.17) is 0 Å². The first kappa shape index (κ1) is 18.9. The summed E-state index contributed by atoms with van der Waals surface area (Å²) >= 11 is 3.05. The van der Waals surface area contributed by atoms with Crippen molar-refractivity contribution in [3.63, 3.8) is 0 Å². The van der Waals surface area contributed by atoms with Crippen LogP contribution >= 0.6 is 23.1 Å². The van der Waals surface area contributed by atoms with E-state index in [1.54, 1.807) is 11.8 Å². The standard InChI is InChI=1S/C18H21N3O3S2/c1-14-16(21(23)24)13-17(26-14)18(22)20-9-7-19(8-10-20)11-12-25-15-5-3-2-4-6-15/h2-6,13H,7-12H2,1H3. The minimum Gasteiger partial charge on any atom is -0.335 e. The Hall–Kier alpha value is -1.90. The van der Waals surface area contributed by atoms with Crippen molar-refractivity contribution < 1.29 is 9.72 Å². The minimum atomic E-state index is -0.426. The zero-order valence-corrected chi connectivity index (χ0v) is 16.2. The summed E-state index contributed by atoms with van der Waals surface area (Å²) < 4.78 is 0. The summed E-state index contributed by atoms with van der Waals surface area (Å²) in [6.07, 6.45) is 0. The number of piperazine rings is 1. The molecular weight excluding hydrogens is 370 g/mol. The van der Waals surface area contributed by atoms with Crippen molar-refractivity contribution >= 4 is 34.7 Å². The molecule has 6 nitrogen and oxygen atoms in total. The van der Waals surface area contributed by atoms with E-state index in [1.807, 2.05) is 30.0 Å². The Labute approximate surface area is 160 Å². The quantitative estimate of drug-likeness (QED) is 0.428. The van der Waals surface area contributed by atoms with Gasteiger partial charge in [0, 0.05) is 49.4 Å². The SMILES string of the molecule is Cc1sc(C(=O)N2CCN(CCSc3ccccc3)CC2)cc1[N+](=O)[O-]. The maximum absolute atomic E-state index is 12.6. The van der Waals surface area contributed by atoms with E-state index in [0.29, 0.717) is 22.8 Å². The Bertz CT molecular complexity index is 771. The average Bonchev–Trinajstić information content (AvgIpc) is 3.05. The zero-order valence-electron chi connectivity index (χ0n) is 14.6. The summed E-state index contributed by atoms with van der Waals surface area (Å²) in [4.78, 5) is 29.6. The third kappa shape index (κ3) is 4.63. The second kappa shape index (κ2) is 8.66. The summed E-state index contributed by atoms with van der Waals surface area (Å²) in [5, 5.41) is 11.0. The second-order valence-electron chi connectivity index (χ2n) is 6.10. The van der Waals surface area contributed by atoms with Crippen molar-refractivity contribution in [2.75, 3.05) is 38.5 Å². The molecule has 0 spiro atoms. The molecule has 3 rings (SSSR count). The van der Waals surface area contributed by atoms with Crippen molar-refractivity contribution in [1.29, 1.82) is 0 Å². The number of carbonyl (C=O) groups is 1. The van der Waals surface area contributed by atoms with Gasteiger partial charge >= 0.3 is 0 Å². The van der Waals surface area contributed by atoms with E-state index >= 15 is 0 Å². The Kier molecular flexibility index (Phi) is 6.29. The Balaban J connectivity index is 1.46. The number of nitrogens with zero attached hydrogens (tertiary/aromatic N) is 3. The lowest BCUT2D eigenvalue weighted by Crippen LogP contribution is -2.49. The van der Waals surface area contributed by atoms with E-state index in [9.17, 15) is 14.9 Å². The maximum Gasteiger partial charge on any atom is 0.283 e. The normalized spacial score (nSPS) is 15.2. The number of rotatable bonds is 6. The first-order chi connectivity index (χ1) is 12.5. The Morgan fingerprint density at radius 2 is 1.92 bits per heavy atom. The molecule has 26 heavy (non-hydrogen) atoms. The molecule has 0 aliphatic carbocycles. The maximum atomic E-state index is 12.6. The van der Waals surface area contributed by atoms with E-state index in [1.165, 1.54) is 22.3 Å². The van der Waals surface area contributed by atoms with Crippen LogP contribution in [0.1, 0.15) is 14.5 Å². The Morgan fingerprint density at radius 1 is 1.23 bits per heavy atom. The van der Waals surface area contributed by atoms with Crippen LogP contribution in [0.25, 0.3) is 0 Å². The van der Waals surface area contributed by atoms with Gasteiger partial charge in [-0.05, 0) is 19.1 Å². The van der Waals surface area contributed by atoms with Gasteiger partial charge in [-0.3, -0.25) is 19.8 Å². The number of nitro groups is 1. The predicted octanol–water partition coefficient (Wildman–Crippen LogP) is 3.51. The minimum absolute atomic E-state index is 0.0370. The lowest BCUT2D eigenvalue weighted by molar-refractivity contribution is -0.385. The van der Waals surface area contributed by atoms with Crippen LogP contribution < -0.4 is 0 Å². The molecule has 8 heteroatoms. The van der Waals surface area contributed by atoms with Gasteiger partial charge in [0.05, 0.1) is 14.7 Å². The Morgan fingerprint density at radius 3 is 2.54 bits per heavy atom. The highest BCUT2D eigenvalue weighted by Gasteiger charge is 2.26. The molecule has 0 saturated carbocycles. The van der Waals surface area contributed by atoms with Crippen LogP contribution in [0.15, 0.2) is 41.3 Å². The monoisotopic (exact) mass is 391 g/mol. The molecule has 0 atom stereocenters. The average molecular weight is 392 g/mol. The van der Waals surface area contributed by atoms with E-state index < -0.39 is 4.92 Å². The predicted molar refractivity (Wildman–Crippen MR) is 105 cm³/mol. The van der Waals surface area contributed by atoms with Crippen LogP contribution in [-0.2, 0) is 0 Å². The smallest absolute Gasteiger partial charge is 0.283 e. The van der Waals surface area contributed by atoms with Gasteiger partial charge in [-0.1, -0.05) is 18.2 Å². The van der Waals surface area contributed by atoms with Crippen molar-refractivity contribution in [2.24, 2.45) is 0 Å².